The molecule has 0 spiro atoms. The Hall–Kier alpha value is -2.15. The molecule has 1 aliphatic rings. The SMILES string of the molecule is COc1cc(NC2CCN(C(=O)C(C)(N)c3ccccc3)CC2)cc(OC)c1.Cl.Cl. The van der Waals surface area contributed by atoms with Crippen molar-refractivity contribution < 1.29 is 14.3 Å². The van der Waals surface area contributed by atoms with Crippen molar-refractivity contribution in [3.8, 4) is 11.5 Å². The third-order valence-electron chi connectivity index (χ3n) is 5.32. The van der Waals surface area contributed by atoms with E-state index in [0.717, 1.165) is 35.6 Å². The first-order valence-electron chi connectivity index (χ1n) is 9.57. The van der Waals surface area contributed by atoms with Gasteiger partial charge in [-0.2, -0.15) is 0 Å². The van der Waals surface area contributed by atoms with Crippen LogP contribution in [0.25, 0.3) is 0 Å². The first-order chi connectivity index (χ1) is 13.4. The summed E-state index contributed by atoms with van der Waals surface area (Å²) < 4.78 is 10.7. The molecule has 1 fully saturated rings. The second-order valence-corrected chi connectivity index (χ2v) is 7.38. The van der Waals surface area contributed by atoms with Gasteiger partial charge in [-0.1, -0.05) is 30.3 Å². The highest BCUT2D eigenvalue weighted by Crippen LogP contribution is 2.28. The van der Waals surface area contributed by atoms with E-state index < -0.39 is 5.54 Å². The number of carbonyl (C=O) groups is 1. The Morgan fingerprint density at radius 3 is 2.07 bits per heavy atom. The Kier molecular flexibility index (Phi) is 9.75. The third kappa shape index (κ3) is 5.94. The number of carbonyl (C=O) groups excluding carboxylic acids is 1. The number of benzene rings is 2. The first kappa shape index (κ1) is 25.9. The van der Waals surface area contributed by atoms with Crippen LogP contribution in [0.2, 0.25) is 0 Å². The van der Waals surface area contributed by atoms with Crippen LogP contribution in [0, 0.1) is 0 Å². The van der Waals surface area contributed by atoms with E-state index in [4.69, 9.17) is 15.2 Å². The molecule has 0 aromatic heterocycles. The molecule has 2 aromatic rings. The number of nitrogens with two attached hydrogens (primary N) is 1. The predicted octanol–water partition coefficient (Wildman–Crippen LogP) is 3.82. The number of nitrogens with zero attached hydrogens (tertiary/aromatic N) is 1. The summed E-state index contributed by atoms with van der Waals surface area (Å²) in [6.07, 6.45) is 1.71. The van der Waals surface area contributed by atoms with Crippen LogP contribution >= 0.6 is 24.8 Å². The van der Waals surface area contributed by atoms with Gasteiger partial charge in [0, 0.05) is 43.0 Å². The van der Waals surface area contributed by atoms with Gasteiger partial charge in [0.1, 0.15) is 17.0 Å². The Balaban J connectivity index is 0.00000225. The van der Waals surface area contributed by atoms with Crippen molar-refractivity contribution in [2.24, 2.45) is 5.73 Å². The number of hydrogen-bond acceptors (Lipinski definition) is 5. The van der Waals surface area contributed by atoms with Gasteiger partial charge in [0.15, 0.2) is 0 Å². The average molecular weight is 456 g/mol. The van der Waals surface area contributed by atoms with E-state index >= 15 is 0 Å². The van der Waals surface area contributed by atoms with Crippen LogP contribution in [0.5, 0.6) is 11.5 Å². The van der Waals surface area contributed by atoms with Crippen molar-refractivity contribution in [2.45, 2.75) is 31.3 Å². The number of piperidine rings is 1. The number of anilines is 1. The summed E-state index contributed by atoms with van der Waals surface area (Å²) in [5.41, 5.74) is 7.18. The molecule has 1 aliphatic heterocycles. The number of ether oxygens (including phenoxy) is 2. The number of likely N-dealkylation sites (tertiary alicyclic amines) is 1. The van der Waals surface area contributed by atoms with Crippen LogP contribution in [0.1, 0.15) is 25.3 Å². The molecule has 0 radical (unpaired) electrons. The largest absolute Gasteiger partial charge is 0.497 e. The summed E-state index contributed by atoms with van der Waals surface area (Å²) >= 11 is 0. The maximum absolute atomic E-state index is 13.0. The van der Waals surface area contributed by atoms with Gasteiger partial charge in [0.25, 0.3) is 0 Å². The molecule has 6 nitrogen and oxygen atoms in total. The number of methoxy groups -OCH3 is 2. The molecule has 2 aromatic carbocycles. The zero-order valence-electron chi connectivity index (χ0n) is 17.6. The smallest absolute Gasteiger partial charge is 0.246 e. The Bertz CT molecular complexity index is 788. The van der Waals surface area contributed by atoms with Crippen LogP contribution in [0.3, 0.4) is 0 Å². The van der Waals surface area contributed by atoms with E-state index in [1.54, 1.807) is 21.1 Å². The van der Waals surface area contributed by atoms with Crippen molar-refractivity contribution >= 4 is 36.4 Å². The number of amides is 1. The highest BCUT2D eigenvalue weighted by molar-refractivity contribution is 5.87. The van der Waals surface area contributed by atoms with E-state index in [9.17, 15) is 4.79 Å². The molecule has 1 unspecified atom stereocenters. The second kappa shape index (κ2) is 11.3. The van der Waals surface area contributed by atoms with Gasteiger partial charge in [-0.25, -0.2) is 0 Å². The monoisotopic (exact) mass is 455 g/mol. The molecule has 0 bridgehead atoms. The van der Waals surface area contributed by atoms with E-state index in [1.165, 1.54) is 0 Å². The molecule has 0 aliphatic carbocycles. The third-order valence-corrected chi connectivity index (χ3v) is 5.32. The zero-order chi connectivity index (χ0) is 20.1. The van der Waals surface area contributed by atoms with Crippen molar-refractivity contribution in [3.05, 3.63) is 54.1 Å². The molecule has 1 amide bonds. The summed E-state index contributed by atoms with van der Waals surface area (Å²) in [5.74, 6) is 1.47. The Labute approximate surface area is 190 Å². The van der Waals surface area contributed by atoms with Gasteiger partial charge in [-0.05, 0) is 25.3 Å². The summed E-state index contributed by atoms with van der Waals surface area (Å²) in [6, 6.07) is 15.6. The highest BCUT2D eigenvalue weighted by atomic mass is 35.5. The van der Waals surface area contributed by atoms with Crippen molar-refractivity contribution in [1.29, 1.82) is 0 Å². The van der Waals surface area contributed by atoms with Gasteiger partial charge in [0.2, 0.25) is 5.91 Å². The molecule has 1 saturated heterocycles. The number of nitrogens with one attached hydrogen (secondary N) is 1. The minimum absolute atomic E-state index is 0. The maximum Gasteiger partial charge on any atom is 0.246 e. The van der Waals surface area contributed by atoms with Gasteiger partial charge in [0.05, 0.1) is 14.2 Å². The van der Waals surface area contributed by atoms with Crippen LogP contribution in [-0.2, 0) is 10.3 Å². The average Bonchev–Trinajstić information content (AvgIpc) is 2.74. The van der Waals surface area contributed by atoms with Gasteiger partial charge >= 0.3 is 0 Å². The summed E-state index contributed by atoms with van der Waals surface area (Å²) in [6.45, 7) is 3.14. The van der Waals surface area contributed by atoms with Gasteiger partial charge in [-0.15, -0.1) is 24.8 Å². The number of hydrogen-bond donors (Lipinski definition) is 2. The summed E-state index contributed by atoms with van der Waals surface area (Å²) in [7, 11) is 3.28. The molecule has 1 heterocycles. The van der Waals surface area contributed by atoms with Crippen molar-refractivity contribution in [2.75, 3.05) is 32.6 Å². The molecular weight excluding hydrogens is 425 g/mol. The lowest BCUT2D eigenvalue weighted by Crippen LogP contribution is -2.54. The first-order valence-corrected chi connectivity index (χ1v) is 9.57. The second-order valence-electron chi connectivity index (χ2n) is 7.38. The van der Waals surface area contributed by atoms with Gasteiger partial charge < -0.3 is 25.4 Å². The minimum Gasteiger partial charge on any atom is -0.497 e. The summed E-state index contributed by atoms with van der Waals surface area (Å²) in [5, 5.41) is 3.53. The maximum atomic E-state index is 13.0. The predicted molar refractivity (Wildman–Crippen MR) is 125 cm³/mol. The fraction of sp³-hybridized carbons (Fsp3) is 0.409. The molecular formula is C22H31Cl2N3O3. The minimum atomic E-state index is -1.01. The number of halogens is 2. The van der Waals surface area contributed by atoms with Crippen LogP contribution in [0.15, 0.2) is 48.5 Å². The lowest BCUT2D eigenvalue weighted by atomic mass is 9.90. The molecule has 0 saturated carbocycles. The lowest BCUT2D eigenvalue weighted by Gasteiger charge is -2.37. The Morgan fingerprint density at radius 1 is 1.03 bits per heavy atom. The Morgan fingerprint density at radius 2 is 1.57 bits per heavy atom. The van der Waals surface area contributed by atoms with Crippen LogP contribution < -0.4 is 20.5 Å². The molecule has 1 atom stereocenters. The normalized spacial score (nSPS) is 15.8. The van der Waals surface area contributed by atoms with E-state index in [0.29, 0.717) is 13.1 Å². The van der Waals surface area contributed by atoms with Crippen LogP contribution in [-0.4, -0.2) is 44.2 Å². The molecule has 166 valence electrons. The molecule has 3 N–H and O–H groups in total. The standard InChI is InChI=1S/C22H29N3O3.2ClH/c1-22(23,16-7-5-4-6-8-16)21(26)25-11-9-17(10-12-25)24-18-13-19(27-2)15-20(14-18)28-3;;/h4-8,13-15,17,24H,9-12,23H2,1-3H3;2*1H. The molecule has 3 rings (SSSR count). The van der Waals surface area contributed by atoms with Crippen molar-refractivity contribution in [1.82, 2.24) is 4.90 Å². The quantitative estimate of drug-likeness (QED) is 0.691. The van der Waals surface area contributed by atoms with Gasteiger partial charge in [-0.3, -0.25) is 4.79 Å². The zero-order valence-corrected chi connectivity index (χ0v) is 19.2. The molecule has 8 heteroatoms. The fourth-order valence-electron chi connectivity index (χ4n) is 3.59. The van der Waals surface area contributed by atoms with E-state index in [1.807, 2.05) is 53.4 Å². The van der Waals surface area contributed by atoms with E-state index in [-0.39, 0.29) is 36.8 Å². The van der Waals surface area contributed by atoms with E-state index in [2.05, 4.69) is 5.32 Å². The topological polar surface area (TPSA) is 76.8 Å². The molecule has 30 heavy (non-hydrogen) atoms. The van der Waals surface area contributed by atoms with Crippen LogP contribution in [0.4, 0.5) is 5.69 Å². The fourth-order valence-corrected chi connectivity index (χ4v) is 3.59. The highest BCUT2D eigenvalue weighted by Gasteiger charge is 2.36. The summed E-state index contributed by atoms with van der Waals surface area (Å²) in [4.78, 5) is 14.9. The lowest BCUT2D eigenvalue weighted by molar-refractivity contribution is -0.137. The van der Waals surface area contributed by atoms with Crippen molar-refractivity contribution in [3.63, 3.8) is 0 Å². The number of rotatable bonds is 6.